The van der Waals surface area contributed by atoms with Gasteiger partial charge in [0.05, 0.1) is 0 Å². The number of hydrogen-bond acceptors (Lipinski definition) is 2. The number of carbonyl (C=O) groups excluding carboxylic acids is 1. The van der Waals surface area contributed by atoms with Gasteiger partial charge in [0.25, 0.3) is 0 Å². The van der Waals surface area contributed by atoms with Crippen molar-refractivity contribution in [3.63, 3.8) is 0 Å². The highest BCUT2D eigenvalue weighted by Gasteiger charge is 2.25. The molecule has 1 aliphatic rings. The fraction of sp³-hybridized carbons (Fsp3) is 0.562. The molecular formula is C16H22O2. The molecule has 0 radical (unpaired) electrons. The molecule has 98 valence electrons. The number of ketones is 1. The fourth-order valence-corrected chi connectivity index (χ4v) is 2.53. The molecule has 0 N–H and O–H groups in total. The number of rotatable bonds is 5. The van der Waals surface area contributed by atoms with Gasteiger partial charge in [0.15, 0.2) is 5.78 Å². The minimum atomic E-state index is -0.332. The zero-order chi connectivity index (χ0) is 13.1. The largest absolute Gasteiger partial charge is 0.373 e. The lowest BCUT2D eigenvalue weighted by Gasteiger charge is -2.26. The summed E-state index contributed by atoms with van der Waals surface area (Å²) < 4.78 is 5.32. The third-order valence-corrected chi connectivity index (χ3v) is 3.87. The molecular weight excluding hydrogens is 224 g/mol. The Kier molecular flexibility index (Phi) is 4.18. The van der Waals surface area contributed by atoms with Crippen LogP contribution in [0.4, 0.5) is 0 Å². The highest BCUT2D eigenvalue weighted by atomic mass is 16.5. The van der Waals surface area contributed by atoms with E-state index in [1.54, 1.807) is 7.11 Å². The van der Waals surface area contributed by atoms with Crippen LogP contribution in [0.15, 0.2) is 24.3 Å². The monoisotopic (exact) mass is 246 g/mol. The van der Waals surface area contributed by atoms with Gasteiger partial charge in [0.1, 0.15) is 6.10 Å². The SMILES string of the molecule is COC(C(=O)c1cccc(C2CCC2)c1)C(C)C. The highest BCUT2D eigenvalue weighted by molar-refractivity contribution is 5.99. The molecule has 0 aliphatic heterocycles. The molecule has 2 nitrogen and oxygen atoms in total. The second-order valence-corrected chi connectivity index (χ2v) is 5.52. The molecule has 1 fully saturated rings. The van der Waals surface area contributed by atoms with Crippen molar-refractivity contribution < 1.29 is 9.53 Å². The van der Waals surface area contributed by atoms with Crippen LogP contribution >= 0.6 is 0 Å². The Balaban J connectivity index is 2.19. The van der Waals surface area contributed by atoms with Crippen molar-refractivity contribution >= 4 is 5.78 Å². The zero-order valence-corrected chi connectivity index (χ0v) is 11.5. The predicted molar refractivity (Wildman–Crippen MR) is 73.0 cm³/mol. The Hall–Kier alpha value is -1.15. The number of Topliss-reactive ketones (excluding diaryl/α,β-unsaturated/α-hetero) is 1. The third kappa shape index (κ3) is 2.64. The molecule has 1 aromatic carbocycles. The minimum Gasteiger partial charge on any atom is -0.373 e. The molecule has 1 aromatic rings. The van der Waals surface area contributed by atoms with Crippen LogP contribution in [0, 0.1) is 5.92 Å². The molecule has 2 heteroatoms. The van der Waals surface area contributed by atoms with Gasteiger partial charge in [-0.1, -0.05) is 38.5 Å². The Labute approximate surface area is 109 Å². The summed E-state index contributed by atoms with van der Waals surface area (Å²) in [6, 6.07) is 8.09. The number of methoxy groups -OCH3 is 1. The van der Waals surface area contributed by atoms with Crippen LogP contribution in [-0.2, 0) is 4.74 Å². The van der Waals surface area contributed by atoms with Crippen molar-refractivity contribution in [3.8, 4) is 0 Å². The van der Waals surface area contributed by atoms with E-state index in [0.717, 1.165) is 5.56 Å². The summed E-state index contributed by atoms with van der Waals surface area (Å²) in [5.74, 6) is 0.973. The number of carbonyl (C=O) groups is 1. The summed E-state index contributed by atoms with van der Waals surface area (Å²) in [5.41, 5.74) is 2.10. The minimum absolute atomic E-state index is 0.105. The molecule has 18 heavy (non-hydrogen) atoms. The number of benzene rings is 1. The van der Waals surface area contributed by atoms with Gasteiger partial charge in [-0.2, -0.15) is 0 Å². The zero-order valence-electron chi connectivity index (χ0n) is 11.5. The van der Waals surface area contributed by atoms with Crippen LogP contribution in [0.2, 0.25) is 0 Å². The van der Waals surface area contributed by atoms with Crippen molar-refractivity contribution in [2.75, 3.05) is 7.11 Å². The van der Waals surface area contributed by atoms with Gasteiger partial charge in [-0.25, -0.2) is 0 Å². The highest BCUT2D eigenvalue weighted by Crippen LogP contribution is 2.36. The van der Waals surface area contributed by atoms with E-state index in [1.807, 2.05) is 26.0 Å². The molecule has 0 spiro atoms. The lowest BCUT2D eigenvalue weighted by Crippen LogP contribution is -2.28. The Morgan fingerprint density at radius 2 is 2.06 bits per heavy atom. The number of ether oxygens (including phenoxy) is 1. The van der Waals surface area contributed by atoms with Crippen molar-refractivity contribution in [3.05, 3.63) is 35.4 Å². The third-order valence-electron chi connectivity index (χ3n) is 3.87. The summed E-state index contributed by atoms with van der Waals surface area (Å²) in [6.45, 7) is 4.03. The normalized spacial score (nSPS) is 17.6. The van der Waals surface area contributed by atoms with Gasteiger partial charge in [-0.3, -0.25) is 4.79 Å². The van der Waals surface area contributed by atoms with E-state index in [9.17, 15) is 4.79 Å². The average molecular weight is 246 g/mol. The van der Waals surface area contributed by atoms with Crippen LogP contribution in [0.3, 0.4) is 0 Å². The fourth-order valence-electron chi connectivity index (χ4n) is 2.53. The molecule has 0 amide bonds. The molecule has 0 saturated heterocycles. The lowest BCUT2D eigenvalue weighted by molar-refractivity contribution is 0.0458. The maximum absolute atomic E-state index is 12.4. The van der Waals surface area contributed by atoms with Crippen molar-refractivity contribution in [1.82, 2.24) is 0 Å². The van der Waals surface area contributed by atoms with Gasteiger partial charge in [0, 0.05) is 12.7 Å². The maximum atomic E-state index is 12.4. The Bertz CT molecular complexity index is 419. The first-order valence-electron chi connectivity index (χ1n) is 6.80. The molecule has 0 bridgehead atoms. The van der Waals surface area contributed by atoms with Gasteiger partial charge in [0.2, 0.25) is 0 Å². The summed E-state index contributed by atoms with van der Waals surface area (Å²) in [5, 5.41) is 0. The van der Waals surface area contributed by atoms with E-state index in [0.29, 0.717) is 5.92 Å². The smallest absolute Gasteiger partial charge is 0.191 e. The van der Waals surface area contributed by atoms with Gasteiger partial charge in [-0.05, 0) is 36.3 Å². The van der Waals surface area contributed by atoms with Crippen LogP contribution < -0.4 is 0 Å². The van der Waals surface area contributed by atoms with Gasteiger partial charge >= 0.3 is 0 Å². The maximum Gasteiger partial charge on any atom is 0.191 e. The first kappa shape index (κ1) is 13.3. The molecule has 1 aliphatic carbocycles. The quantitative estimate of drug-likeness (QED) is 0.738. The summed E-state index contributed by atoms with van der Waals surface area (Å²) in [6.07, 6.45) is 3.50. The van der Waals surface area contributed by atoms with Crippen molar-refractivity contribution in [2.24, 2.45) is 5.92 Å². The van der Waals surface area contributed by atoms with Crippen LogP contribution in [0.1, 0.15) is 54.9 Å². The van der Waals surface area contributed by atoms with E-state index in [2.05, 4.69) is 12.1 Å². The van der Waals surface area contributed by atoms with Crippen molar-refractivity contribution in [2.45, 2.75) is 45.1 Å². The first-order valence-corrected chi connectivity index (χ1v) is 6.80. The lowest BCUT2D eigenvalue weighted by atomic mass is 9.79. The second-order valence-electron chi connectivity index (χ2n) is 5.52. The van der Waals surface area contributed by atoms with E-state index in [-0.39, 0.29) is 17.8 Å². The Morgan fingerprint density at radius 3 is 2.56 bits per heavy atom. The first-order chi connectivity index (χ1) is 8.63. The van der Waals surface area contributed by atoms with E-state index >= 15 is 0 Å². The predicted octanol–water partition coefficient (Wildman–Crippen LogP) is 3.81. The molecule has 1 unspecified atom stereocenters. The molecule has 2 rings (SSSR count). The molecule has 1 saturated carbocycles. The van der Waals surface area contributed by atoms with Gasteiger partial charge in [-0.15, -0.1) is 0 Å². The van der Waals surface area contributed by atoms with E-state index in [1.165, 1.54) is 24.8 Å². The van der Waals surface area contributed by atoms with Crippen LogP contribution in [-0.4, -0.2) is 19.0 Å². The van der Waals surface area contributed by atoms with E-state index in [4.69, 9.17) is 4.74 Å². The van der Waals surface area contributed by atoms with Crippen LogP contribution in [0.25, 0.3) is 0 Å². The topological polar surface area (TPSA) is 26.3 Å². The molecule has 0 heterocycles. The Morgan fingerprint density at radius 1 is 1.33 bits per heavy atom. The van der Waals surface area contributed by atoms with Crippen molar-refractivity contribution in [1.29, 1.82) is 0 Å². The molecule has 0 aromatic heterocycles. The van der Waals surface area contributed by atoms with E-state index < -0.39 is 0 Å². The summed E-state index contributed by atoms with van der Waals surface area (Å²) in [7, 11) is 1.61. The second kappa shape index (κ2) is 5.66. The summed E-state index contributed by atoms with van der Waals surface area (Å²) in [4.78, 5) is 12.4. The average Bonchev–Trinajstić information content (AvgIpc) is 2.27. The number of hydrogen-bond donors (Lipinski definition) is 0. The van der Waals surface area contributed by atoms with Gasteiger partial charge < -0.3 is 4.74 Å². The van der Waals surface area contributed by atoms with Crippen LogP contribution in [0.5, 0.6) is 0 Å². The summed E-state index contributed by atoms with van der Waals surface area (Å²) >= 11 is 0. The molecule has 1 atom stereocenters. The standard InChI is InChI=1S/C16H22O2/c1-11(2)16(18-3)15(17)14-9-5-8-13(10-14)12-6-4-7-12/h5,8-12,16H,4,6-7H2,1-3H3.